The number of aromatic nitrogens is 2. The third-order valence-electron chi connectivity index (χ3n) is 5.14. The van der Waals surface area contributed by atoms with Gasteiger partial charge in [-0.1, -0.05) is 24.3 Å². The average Bonchev–Trinajstić information content (AvgIpc) is 3.33. The normalized spacial score (nSPS) is 13.3. The highest BCUT2D eigenvalue weighted by atomic mass is 16.5. The standard InChI is InChI=1S/C23H24N4O2/c1-29-20-10-4-17(5-11-20)15-24-23(28)19-8-6-18(7-9-19)21-14-22(26-16-25-21)27-12-2-3-13-27/h4-11,14,16H,2-3,12-13,15H2,1H3,(H,24,28). The third kappa shape index (κ3) is 4.54. The van der Waals surface area contributed by atoms with Crippen LogP contribution in [0.2, 0.25) is 0 Å². The monoisotopic (exact) mass is 388 g/mol. The van der Waals surface area contributed by atoms with Crippen LogP contribution in [-0.4, -0.2) is 36.1 Å². The zero-order valence-electron chi connectivity index (χ0n) is 16.5. The molecule has 0 bridgehead atoms. The van der Waals surface area contributed by atoms with Gasteiger partial charge in [-0.3, -0.25) is 4.79 Å². The number of nitrogens with zero attached hydrogens (tertiary/aromatic N) is 3. The number of methoxy groups -OCH3 is 1. The Labute approximate surface area is 170 Å². The zero-order valence-corrected chi connectivity index (χ0v) is 16.5. The molecule has 3 aromatic rings. The van der Waals surface area contributed by atoms with Crippen LogP contribution in [0.5, 0.6) is 5.75 Å². The molecule has 1 aromatic heterocycles. The lowest BCUT2D eigenvalue weighted by atomic mass is 10.1. The quantitative estimate of drug-likeness (QED) is 0.698. The Kier molecular flexibility index (Phi) is 5.70. The molecule has 0 spiro atoms. The summed E-state index contributed by atoms with van der Waals surface area (Å²) in [6.07, 6.45) is 4.03. The number of nitrogens with one attached hydrogen (secondary N) is 1. The molecule has 1 fully saturated rings. The predicted molar refractivity (Wildman–Crippen MR) is 113 cm³/mol. The number of carbonyl (C=O) groups excluding carboxylic acids is 1. The number of ether oxygens (including phenoxy) is 1. The fourth-order valence-electron chi connectivity index (χ4n) is 3.44. The van der Waals surface area contributed by atoms with E-state index in [1.54, 1.807) is 13.4 Å². The molecule has 6 heteroatoms. The Balaban J connectivity index is 1.40. The third-order valence-corrected chi connectivity index (χ3v) is 5.14. The minimum Gasteiger partial charge on any atom is -0.497 e. The van der Waals surface area contributed by atoms with Crippen LogP contribution < -0.4 is 15.0 Å². The summed E-state index contributed by atoms with van der Waals surface area (Å²) in [4.78, 5) is 23.5. The van der Waals surface area contributed by atoms with Crippen LogP contribution in [0.25, 0.3) is 11.3 Å². The summed E-state index contributed by atoms with van der Waals surface area (Å²) in [5.41, 5.74) is 3.48. The summed E-state index contributed by atoms with van der Waals surface area (Å²) >= 11 is 0. The summed E-state index contributed by atoms with van der Waals surface area (Å²) < 4.78 is 5.15. The smallest absolute Gasteiger partial charge is 0.251 e. The molecule has 1 aliphatic rings. The number of carbonyl (C=O) groups is 1. The van der Waals surface area contributed by atoms with Crippen molar-refractivity contribution in [3.63, 3.8) is 0 Å². The highest BCUT2D eigenvalue weighted by Crippen LogP contribution is 2.23. The van der Waals surface area contributed by atoms with Crippen LogP contribution in [0.1, 0.15) is 28.8 Å². The van der Waals surface area contributed by atoms with Gasteiger partial charge in [0.15, 0.2) is 0 Å². The summed E-state index contributed by atoms with van der Waals surface area (Å²) in [5.74, 6) is 1.66. The summed E-state index contributed by atoms with van der Waals surface area (Å²) in [7, 11) is 1.63. The van der Waals surface area contributed by atoms with Gasteiger partial charge < -0.3 is 15.0 Å². The van der Waals surface area contributed by atoms with Crippen molar-refractivity contribution in [3.05, 3.63) is 72.1 Å². The first-order chi connectivity index (χ1) is 14.2. The van der Waals surface area contributed by atoms with Crippen LogP contribution >= 0.6 is 0 Å². The van der Waals surface area contributed by atoms with Crippen molar-refractivity contribution >= 4 is 11.7 Å². The van der Waals surface area contributed by atoms with E-state index in [9.17, 15) is 4.79 Å². The van der Waals surface area contributed by atoms with E-state index in [-0.39, 0.29) is 5.91 Å². The van der Waals surface area contributed by atoms with Gasteiger partial charge in [-0.05, 0) is 42.7 Å². The van der Waals surface area contributed by atoms with Crippen molar-refractivity contribution < 1.29 is 9.53 Å². The largest absolute Gasteiger partial charge is 0.497 e. The van der Waals surface area contributed by atoms with E-state index in [1.165, 1.54) is 12.8 Å². The highest BCUT2D eigenvalue weighted by molar-refractivity contribution is 5.94. The first kappa shape index (κ1) is 18.9. The van der Waals surface area contributed by atoms with Crippen molar-refractivity contribution in [2.75, 3.05) is 25.1 Å². The fraction of sp³-hybridized carbons (Fsp3) is 0.261. The molecule has 1 N–H and O–H groups in total. The molecule has 29 heavy (non-hydrogen) atoms. The topological polar surface area (TPSA) is 67.3 Å². The van der Waals surface area contributed by atoms with Crippen LogP contribution in [0.3, 0.4) is 0 Å². The number of hydrogen-bond acceptors (Lipinski definition) is 5. The molecule has 0 radical (unpaired) electrons. The molecular formula is C23H24N4O2. The fourth-order valence-corrected chi connectivity index (χ4v) is 3.44. The van der Waals surface area contributed by atoms with E-state index in [1.807, 2.05) is 54.6 Å². The van der Waals surface area contributed by atoms with Gasteiger partial charge in [0.25, 0.3) is 5.91 Å². The molecule has 1 saturated heterocycles. The predicted octanol–water partition coefficient (Wildman–Crippen LogP) is 3.68. The summed E-state index contributed by atoms with van der Waals surface area (Å²) in [6.45, 7) is 2.56. The van der Waals surface area contributed by atoms with Gasteiger partial charge in [-0.25, -0.2) is 9.97 Å². The molecule has 1 aliphatic heterocycles. The Bertz CT molecular complexity index is 965. The summed E-state index contributed by atoms with van der Waals surface area (Å²) in [5, 5.41) is 2.95. The molecule has 2 aromatic carbocycles. The maximum atomic E-state index is 12.4. The van der Waals surface area contributed by atoms with Gasteiger partial charge in [-0.2, -0.15) is 0 Å². The van der Waals surface area contributed by atoms with E-state index in [0.29, 0.717) is 12.1 Å². The van der Waals surface area contributed by atoms with Crippen LogP contribution in [0, 0.1) is 0 Å². The Hall–Kier alpha value is -3.41. The van der Waals surface area contributed by atoms with Crippen molar-refractivity contribution in [1.82, 2.24) is 15.3 Å². The molecule has 1 amide bonds. The van der Waals surface area contributed by atoms with Gasteiger partial charge in [-0.15, -0.1) is 0 Å². The van der Waals surface area contributed by atoms with E-state index in [4.69, 9.17) is 4.74 Å². The molecule has 6 nitrogen and oxygen atoms in total. The number of amides is 1. The van der Waals surface area contributed by atoms with Crippen molar-refractivity contribution in [3.8, 4) is 17.0 Å². The van der Waals surface area contributed by atoms with Crippen molar-refractivity contribution in [2.45, 2.75) is 19.4 Å². The molecule has 0 unspecified atom stereocenters. The van der Waals surface area contributed by atoms with E-state index < -0.39 is 0 Å². The molecule has 0 atom stereocenters. The number of benzene rings is 2. The number of anilines is 1. The van der Waals surface area contributed by atoms with Crippen molar-refractivity contribution in [2.24, 2.45) is 0 Å². The Morgan fingerprint density at radius 3 is 2.45 bits per heavy atom. The second-order valence-corrected chi connectivity index (χ2v) is 7.06. The lowest BCUT2D eigenvalue weighted by Crippen LogP contribution is -2.22. The zero-order chi connectivity index (χ0) is 20.1. The second-order valence-electron chi connectivity index (χ2n) is 7.06. The van der Waals surface area contributed by atoms with Crippen molar-refractivity contribution in [1.29, 1.82) is 0 Å². The SMILES string of the molecule is COc1ccc(CNC(=O)c2ccc(-c3cc(N4CCCC4)ncn3)cc2)cc1. The maximum Gasteiger partial charge on any atom is 0.251 e. The van der Waals surface area contributed by atoms with Crippen LogP contribution in [0.15, 0.2) is 60.9 Å². The first-order valence-corrected chi connectivity index (χ1v) is 9.81. The second kappa shape index (κ2) is 8.73. The first-order valence-electron chi connectivity index (χ1n) is 9.81. The Morgan fingerprint density at radius 2 is 1.76 bits per heavy atom. The lowest BCUT2D eigenvalue weighted by molar-refractivity contribution is 0.0951. The van der Waals surface area contributed by atoms with Gasteiger partial charge in [0.1, 0.15) is 17.9 Å². The molecule has 0 saturated carbocycles. The molecule has 148 valence electrons. The lowest BCUT2D eigenvalue weighted by Gasteiger charge is -2.16. The number of hydrogen-bond donors (Lipinski definition) is 1. The highest BCUT2D eigenvalue weighted by Gasteiger charge is 2.14. The molecular weight excluding hydrogens is 364 g/mol. The van der Waals surface area contributed by atoms with E-state index in [0.717, 1.165) is 41.5 Å². The minimum atomic E-state index is -0.104. The molecule has 4 rings (SSSR count). The van der Waals surface area contributed by atoms with Gasteiger partial charge >= 0.3 is 0 Å². The summed E-state index contributed by atoms with van der Waals surface area (Å²) in [6, 6.07) is 17.2. The molecule has 0 aliphatic carbocycles. The number of rotatable bonds is 6. The van der Waals surface area contributed by atoms with E-state index in [2.05, 4.69) is 20.2 Å². The van der Waals surface area contributed by atoms with Gasteiger partial charge in [0.2, 0.25) is 0 Å². The Morgan fingerprint density at radius 1 is 1.03 bits per heavy atom. The maximum absolute atomic E-state index is 12.4. The van der Waals surface area contributed by atoms with E-state index >= 15 is 0 Å². The van der Waals surface area contributed by atoms with Crippen LogP contribution in [-0.2, 0) is 6.54 Å². The minimum absolute atomic E-state index is 0.104. The van der Waals surface area contributed by atoms with Gasteiger partial charge in [0, 0.05) is 36.8 Å². The van der Waals surface area contributed by atoms with Crippen LogP contribution in [0.4, 0.5) is 5.82 Å². The van der Waals surface area contributed by atoms with Gasteiger partial charge in [0.05, 0.1) is 12.8 Å². The average molecular weight is 388 g/mol. The molecule has 2 heterocycles.